The van der Waals surface area contributed by atoms with Crippen molar-refractivity contribution in [2.24, 2.45) is 5.41 Å². The molecule has 244 valence electrons. The van der Waals surface area contributed by atoms with Gasteiger partial charge < -0.3 is 20.8 Å². The van der Waals surface area contributed by atoms with Crippen LogP contribution in [0.4, 0.5) is 0 Å². The van der Waals surface area contributed by atoms with Gasteiger partial charge in [-0.15, -0.1) is 0 Å². The molecule has 4 N–H and O–H groups in total. The summed E-state index contributed by atoms with van der Waals surface area (Å²) in [7, 11) is 0. The zero-order valence-electron chi connectivity index (χ0n) is 27.7. The van der Waals surface area contributed by atoms with Gasteiger partial charge >= 0.3 is 0 Å². The molecule has 0 radical (unpaired) electrons. The molecule has 2 amide bonds. The minimum atomic E-state index is -1.25. The van der Waals surface area contributed by atoms with Crippen molar-refractivity contribution in [1.82, 2.24) is 10.6 Å². The first-order valence-corrected chi connectivity index (χ1v) is 17.3. The molecule has 0 saturated heterocycles. The lowest BCUT2D eigenvalue weighted by Gasteiger charge is -2.43. The van der Waals surface area contributed by atoms with Gasteiger partial charge in [0.15, 0.2) is 0 Å². The fourth-order valence-electron chi connectivity index (χ4n) is 7.43. The predicted molar refractivity (Wildman–Crippen MR) is 179 cm³/mol. The summed E-state index contributed by atoms with van der Waals surface area (Å²) in [5.41, 5.74) is -1.34. The SMILES string of the molecule is CCCC(O)(CCC)[C@@H](Cc1ccccc1)NC(=O)C1(C(=O)N[C@H](Cc2ccccc2)C(O)(CCC)CCC)CCCCC1. The van der Waals surface area contributed by atoms with E-state index in [-0.39, 0.29) is 11.8 Å². The predicted octanol–water partition coefficient (Wildman–Crippen LogP) is 7.05. The van der Waals surface area contributed by atoms with Gasteiger partial charge in [0.2, 0.25) is 11.8 Å². The van der Waals surface area contributed by atoms with Gasteiger partial charge in [-0.05, 0) is 62.5 Å². The third kappa shape index (κ3) is 9.17. The van der Waals surface area contributed by atoms with Crippen LogP contribution < -0.4 is 10.6 Å². The van der Waals surface area contributed by atoms with E-state index in [1.807, 2.05) is 60.7 Å². The van der Waals surface area contributed by atoms with E-state index in [4.69, 9.17) is 0 Å². The largest absolute Gasteiger partial charge is 0.388 e. The zero-order valence-corrected chi connectivity index (χ0v) is 27.7. The van der Waals surface area contributed by atoms with Crippen molar-refractivity contribution < 1.29 is 19.8 Å². The molecule has 6 heteroatoms. The van der Waals surface area contributed by atoms with Crippen LogP contribution in [0.25, 0.3) is 0 Å². The molecule has 0 bridgehead atoms. The zero-order chi connectivity index (χ0) is 32.1. The van der Waals surface area contributed by atoms with Crippen molar-refractivity contribution in [2.45, 2.75) is 147 Å². The molecule has 0 aliphatic heterocycles. The number of hydrogen-bond donors (Lipinski definition) is 4. The van der Waals surface area contributed by atoms with Crippen LogP contribution in [0.1, 0.15) is 122 Å². The van der Waals surface area contributed by atoms with E-state index in [1.165, 1.54) is 0 Å². The summed E-state index contributed by atoms with van der Waals surface area (Å²) in [6, 6.07) is 18.9. The maximum absolute atomic E-state index is 14.5. The molecule has 2 aromatic rings. The van der Waals surface area contributed by atoms with E-state index in [1.54, 1.807) is 0 Å². The van der Waals surface area contributed by atoms with Crippen LogP contribution >= 0.6 is 0 Å². The van der Waals surface area contributed by atoms with Crippen molar-refractivity contribution in [3.05, 3.63) is 71.8 Å². The lowest BCUT2D eigenvalue weighted by Crippen LogP contribution is -2.63. The molecule has 1 fully saturated rings. The first-order valence-electron chi connectivity index (χ1n) is 17.3. The minimum Gasteiger partial charge on any atom is -0.388 e. The first-order chi connectivity index (χ1) is 21.2. The van der Waals surface area contributed by atoms with E-state index >= 15 is 0 Å². The standard InChI is InChI=1S/C38H58N2O4/c1-5-22-37(43,23-6-2)32(28-30-18-12-9-13-19-30)39-34(41)36(26-16-11-17-27-36)35(42)40-33(29-31-20-14-10-15-21-31)38(44,24-7-3)25-8-4/h9-10,12-15,18-21,32-33,43-44H,5-8,11,16-17,22-29H2,1-4H3,(H,39,41)(H,40,42)/t32-,33-/m1/s1. The Bertz CT molecular complexity index is 1030. The van der Waals surface area contributed by atoms with Crippen LogP contribution in [0.15, 0.2) is 60.7 Å². The number of nitrogens with one attached hydrogen (secondary N) is 2. The van der Waals surface area contributed by atoms with Crippen LogP contribution in [0.5, 0.6) is 0 Å². The molecule has 2 aromatic carbocycles. The number of carbonyl (C=O) groups excluding carboxylic acids is 2. The minimum absolute atomic E-state index is 0.297. The summed E-state index contributed by atoms with van der Waals surface area (Å²) in [6.45, 7) is 8.22. The van der Waals surface area contributed by atoms with Gasteiger partial charge in [0.25, 0.3) is 0 Å². The molecule has 1 aliphatic carbocycles. The van der Waals surface area contributed by atoms with Crippen LogP contribution in [-0.4, -0.2) is 45.3 Å². The molecule has 0 aromatic heterocycles. The van der Waals surface area contributed by atoms with Gasteiger partial charge in [-0.2, -0.15) is 0 Å². The highest BCUT2D eigenvalue weighted by Crippen LogP contribution is 2.39. The van der Waals surface area contributed by atoms with Crippen LogP contribution in [-0.2, 0) is 22.4 Å². The Morgan fingerprint density at radius 2 is 0.977 bits per heavy atom. The van der Waals surface area contributed by atoms with E-state index in [2.05, 4.69) is 38.3 Å². The summed E-state index contributed by atoms with van der Waals surface area (Å²) in [4.78, 5) is 29.0. The normalized spacial score (nSPS) is 16.6. The van der Waals surface area contributed by atoms with E-state index in [0.717, 1.165) is 56.1 Å². The van der Waals surface area contributed by atoms with Gasteiger partial charge in [0.1, 0.15) is 5.41 Å². The first kappa shape index (κ1) is 35.8. The van der Waals surface area contributed by atoms with Gasteiger partial charge in [-0.1, -0.05) is 133 Å². The average molecular weight is 607 g/mol. The fraction of sp³-hybridized carbons (Fsp3) is 0.632. The second-order valence-electron chi connectivity index (χ2n) is 13.3. The average Bonchev–Trinajstić information content (AvgIpc) is 3.02. The molecule has 2 atom stereocenters. The number of amides is 2. The van der Waals surface area contributed by atoms with Crippen molar-refractivity contribution in [2.75, 3.05) is 0 Å². The van der Waals surface area contributed by atoms with Crippen LogP contribution in [0.3, 0.4) is 0 Å². The Morgan fingerprint density at radius 1 is 0.636 bits per heavy atom. The number of carbonyl (C=O) groups is 2. The van der Waals surface area contributed by atoms with Gasteiger partial charge in [-0.3, -0.25) is 9.59 Å². The number of benzene rings is 2. The summed E-state index contributed by atoms with van der Waals surface area (Å²) in [5.74, 6) is -0.594. The number of rotatable bonds is 18. The van der Waals surface area contributed by atoms with Crippen molar-refractivity contribution in [1.29, 1.82) is 0 Å². The number of hydrogen-bond acceptors (Lipinski definition) is 4. The summed E-state index contributed by atoms with van der Waals surface area (Å²) in [5, 5.41) is 30.5. The van der Waals surface area contributed by atoms with E-state index in [9.17, 15) is 19.8 Å². The Labute approximate surface area is 266 Å². The van der Waals surface area contributed by atoms with Crippen molar-refractivity contribution in [3.8, 4) is 0 Å². The Balaban J connectivity index is 1.97. The molecule has 3 rings (SSSR count). The maximum Gasteiger partial charge on any atom is 0.236 e. The Hall–Kier alpha value is -2.70. The van der Waals surface area contributed by atoms with Crippen molar-refractivity contribution >= 4 is 11.8 Å². The molecule has 44 heavy (non-hydrogen) atoms. The summed E-state index contributed by atoms with van der Waals surface area (Å²) < 4.78 is 0. The third-order valence-electron chi connectivity index (χ3n) is 9.78. The van der Waals surface area contributed by atoms with Gasteiger partial charge in [0.05, 0.1) is 23.3 Å². The monoisotopic (exact) mass is 606 g/mol. The molecule has 0 spiro atoms. The van der Waals surface area contributed by atoms with E-state index < -0.39 is 28.7 Å². The molecule has 1 saturated carbocycles. The second-order valence-corrected chi connectivity index (χ2v) is 13.3. The van der Waals surface area contributed by atoms with Crippen molar-refractivity contribution in [3.63, 3.8) is 0 Å². The van der Waals surface area contributed by atoms with E-state index in [0.29, 0.717) is 51.4 Å². The Kier molecular flexibility index (Phi) is 13.9. The third-order valence-corrected chi connectivity index (χ3v) is 9.78. The molecule has 0 heterocycles. The quantitative estimate of drug-likeness (QED) is 0.137. The highest BCUT2D eigenvalue weighted by molar-refractivity contribution is 6.05. The summed E-state index contributed by atoms with van der Waals surface area (Å²) >= 11 is 0. The lowest BCUT2D eigenvalue weighted by atomic mass is 9.71. The number of aliphatic hydroxyl groups is 2. The fourth-order valence-corrected chi connectivity index (χ4v) is 7.43. The molecule has 1 aliphatic rings. The lowest BCUT2D eigenvalue weighted by molar-refractivity contribution is -0.150. The molecular formula is C38H58N2O4. The summed E-state index contributed by atoms with van der Waals surface area (Å²) in [6.07, 6.45) is 9.88. The molecule has 6 nitrogen and oxygen atoms in total. The highest BCUT2D eigenvalue weighted by Gasteiger charge is 2.50. The smallest absolute Gasteiger partial charge is 0.236 e. The maximum atomic E-state index is 14.5. The Morgan fingerprint density at radius 3 is 1.30 bits per heavy atom. The van der Waals surface area contributed by atoms with Gasteiger partial charge in [-0.25, -0.2) is 0 Å². The highest BCUT2D eigenvalue weighted by atomic mass is 16.3. The second kappa shape index (κ2) is 17.1. The van der Waals surface area contributed by atoms with Crippen LogP contribution in [0.2, 0.25) is 0 Å². The molecular weight excluding hydrogens is 548 g/mol. The van der Waals surface area contributed by atoms with Crippen LogP contribution in [0, 0.1) is 5.41 Å². The van der Waals surface area contributed by atoms with Gasteiger partial charge in [0, 0.05) is 0 Å². The molecule has 0 unspecified atom stereocenters. The topological polar surface area (TPSA) is 98.7 Å².